The fraction of sp³-hybridized carbons (Fsp3) is 0.556. The van der Waals surface area contributed by atoms with Gasteiger partial charge in [-0.05, 0) is 30.4 Å². The molecule has 1 atom stereocenters. The van der Waals surface area contributed by atoms with Crippen LogP contribution in [-0.4, -0.2) is 19.3 Å². The average molecular weight is 303 g/mol. The normalized spacial score (nSPS) is 14.4. The minimum absolute atomic E-state index is 0.294. The molecule has 0 aromatic heterocycles. The van der Waals surface area contributed by atoms with Gasteiger partial charge in [-0.3, -0.25) is 4.99 Å². The summed E-state index contributed by atoms with van der Waals surface area (Å²) in [7, 11) is 1.62. The second kappa shape index (κ2) is 9.23. The lowest BCUT2D eigenvalue weighted by atomic mass is 9.85. The van der Waals surface area contributed by atoms with E-state index in [0.29, 0.717) is 12.4 Å². The SMILES string of the molecule is CCCCc1cccc(C(C=O)(CCCC)NC(N)=NC)c1. The smallest absolute Gasteiger partial charge is 0.189 e. The Hall–Kier alpha value is -1.84. The van der Waals surface area contributed by atoms with E-state index in [-0.39, 0.29) is 0 Å². The molecule has 1 aromatic rings. The number of hydrogen-bond donors (Lipinski definition) is 2. The third kappa shape index (κ3) is 4.86. The van der Waals surface area contributed by atoms with Crippen molar-refractivity contribution in [2.24, 2.45) is 10.7 Å². The van der Waals surface area contributed by atoms with E-state index in [0.717, 1.165) is 44.0 Å². The number of unbranched alkanes of at least 4 members (excludes halogenated alkanes) is 2. The van der Waals surface area contributed by atoms with Crippen molar-refractivity contribution in [3.63, 3.8) is 0 Å². The number of aryl methyl sites for hydroxylation is 1. The molecule has 1 aromatic carbocycles. The van der Waals surface area contributed by atoms with Gasteiger partial charge < -0.3 is 15.8 Å². The number of nitrogens with two attached hydrogens (primary N) is 1. The number of nitrogens with one attached hydrogen (secondary N) is 1. The molecule has 0 aliphatic carbocycles. The Morgan fingerprint density at radius 3 is 2.64 bits per heavy atom. The quantitative estimate of drug-likeness (QED) is 0.418. The number of rotatable bonds is 9. The third-order valence-corrected chi connectivity index (χ3v) is 3.98. The summed E-state index contributed by atoms with van der Waals surface area (Å²) < 4.78 is 0. The first-order valence-corrected chi connectivity index (χ1v) is 8.18. The molecule has 1 unspecified atom stereocenters. The van der Waals surface area contributed by atoms with Crippen molar-refractivity contribution in [3.8, 4) is 0 Å². The monoisotopic (exact) mass is 303 g/mol. The van der Waals surface area contributed by atoms with Gasteiger partial charge in [0.15, 0.2) is 5.96 Å². The first-order valence-electron chi connectivity index (χ1n) is 8.18. The highest BCUT2D eigenvalue weighted by molar-refractivity contribution is 5.84. The second-order valence-corrected chi connectivity index (χ2v) is 5.73. The van der Waals surface area contributed by atoms with Crippen LogP contribution < -0.4 is 11.1 Å². The number of guanidine groups is 1. The molecule has 0 aliphatic heterocycles. The van der Waals surface area contributed by atoms with Crippen LogP contribution in [0, 0.1) is 0 Å². The molecule has 3 N–H and O–H groups in total. The van der Waals surface area contributed by atoms with Crippen LogP contribution in [0.25, 0.3) is 0 Å². The van der Waals surface area contributed by atoms with E-state index < -0.39 is 5.54 Å². The Bertz CT molecular complexity index is 499. The molecule has 0 spiro atoms. The molecule has 122 valence electrons. The molecule has 0 aliphatic rings. The Kier molecular flexibility index (Phi) is 7.64. The molecule has 4 heteroatoms. The van der Waals surface area contributed by atoms with Crippen LogP contribution in [0.2, 0.25) is 0 Å². The average Bonchev–Trinajstić information content (AvgIpc) is 2.56. The van der Waals surface area contributed by atoms with E-state index in [4.69, 9.17) is 5.73 Å². The van der Waals surface area contributed by atoms with E-state index in [9.17, 15) is 4.79 Å². The summed E-state index contributed by atoms with van der Waals surface area (Å²) in [4.78, 5) is 15.9. The highest BCUT2D eigenvalue weighted by atomic mass is 16.1. The van der Waals surface area contributed by atoms with E-state index >= 15 is 0 Å². The van der Waals surface area contributed by atoms with Crippen molar-refractivity contribution in [1.29, 1.82) is 0 Å². The lowest BCUT2D eigenvalue weighted by molar-refractivity contribution is -0.113. The van der Waals surface area contributed by atoms with Crippen molar-refractivity contribution >= 4 is 12.2 Å². The molecular formula is C18H29N3O. The number of hydrogen-bond acceptors (Lipinski definition) is 2. The summed E-state index contributed by atoms with van der Waals surface area (Å²) in [5.41, 5.74) is 7.28. The molecule has 0 bridgehead atoms. The molecule has 0 saturated carbocycles. The fourth-order valence-electron chi connectivity index (χ4n) is 2.56. The summed E-state index contributed by atoms with van der Waals surface area (Å²) in [5, 5.41) is 3.12. The number of aldehydes is 1. The van der Waals surface area contributed by atoms with Gasteiger partial charge in [0.2, 0.25) is 0 Å². The molecule has 0 heterocycles. The van der Waals surface area contributed by atoms with Gasteiger partial charge in [0.05, 0.1) is 0 Å². The zero-order chi connectivity index (χ0) is 16.4. The Labute approximate surface area is 134 Å². The molecule has 0 fully saturated rings. The van der Waals surface area contributed by atoms with Gasteiger partial charge in [0.25, 0.3) is 0 Å². The van der Waals surface area contributed by atoms with Gasteiger partial charge in [-0.2, -0.15) is 0 Å². The van der Waals surface area contributed by atoms with E-state index in [1.54, 1.807) is 7.05 Å². The van der Waals surface area contributed by atoms with Crippen LogP contribution in [0.1, 0.15) is 57.1 Å². The van der Waals surface area contributed by atoms with Crippen LogP contribution in [0.15, 0.2) is 29.3 Å². The first-order chi connectivity index (χ1) is 10.6. The molecule has 4 nitrogen and oxygen atoms in total. The number of aliphatic imine (C=N–C) groups is 1. The van der Waals surface area contributed by atoms with Crippen LogP contribution in [0.5, 0.6) is 0 Å². The summed E-state index contributed by atoms with van der Waals surface area (Å²) in [5.74, 6) is 0.294. The fourth-order valence-corrected chi connectivity index (χ4v) is 2.56. The molecule has 0 amide bonds. The Morgan fingerprint density at radius 1 is 1.32 bits per heavy atom. The number of carbonyl (C=O) groups is 1. The maximum Gasteiger partial charge on any atom is 0.189 e. The van der Waals surface area contributed by atoms with Gasteiger partial charge in [-0.25, -0.2) is 0 Å². The van der Waals surface area contributed by atoms with Crippen LogP contribution in [-0.2, 0) is 16.8 Å². The minimum atomic E-state index is -0.790. The third-order valence-electron chi connectivity index (χ3n) is 3.98. The topological polar surface area (TPSA) is 67.5 Å². The van der Waals surface area contributed by atoms with Crippen molar-refractivity contribution < 1.29 is 4.79 Å². The van der Waals surface area contributed by atoms with Crippen molar-refractivity contribution in [3.05, 3.63) is 35.4 Å². The minimum Gasteiger partial charge on any atom is -0.370 e. The van der Waals surface area contributed by atoms with Crippen molar-refractivity contribution in [1.82, 2.24) is 5.32 Å². The largest absolute Gasteiger partial charge is 0.370 e. The maximum absolute atomic E-state index is 11.9. The zero-order valence-electron chi connectivity index (χ0n) is 14.1. The van der Waals surface area contributed by atoms with Gasteiger partial charge >= 0.3 is 0 Å². The lowest BCUT2D eigenvalue weighted by Crippen LogP contribution is -2.50. The number of nitrogens with zero attached hydrogens (tertiary/aromatic N) is 1. The van der Waals surface area contributed by atoms with E-state index in [2.05, 4.69) is 36.3 Å². The Morgan fingerprint density at radius 2 is 2.05 bits per heavy atom. The predicted octanol–water partition coefficient (Wildman–Crippen LogP) is 3.15. The Balaban J connectivity index is 3.15. The molecule has 22 heavy (non-hydrogen) atoms. The van der Waals surface area contributed by atoms with Gasteiger partial charge in [0.1, 0.15) is 11.8 Å². The van der Waals surface area contributed by atoms with Crippen LogP contribution in [0.4, 0.5) is 0 Å². The van der Waals surface area contributed by atoms with Gasteiger partial charge in [0, 0.05) is 7.05 Å². The molecule has 0 radical (unpaired) electrons. The predicted molar refractivity (Wildman–Crippen MR) is 93.0 cm³/mol. The highest BCUT2D eigenvalue weighted by Crippen LogP contribution is 2.26. The summed E-state index contributed by atoms with van der Waals surface area (Å²) in [6.45, 7) is 4.30. The second-order valence-electron chi connectivity index (χ2n) is 5.73. The maximum atomic E-state index is 11.9. The molecule has 1 rings (SSSR count). The highest BCUT2D eigenvalue weighted by Gasteiger charge is 2.32. The van der Waals surface area contributed by atoms with E-state index in [1.807, 2.05) is 12.1 Å². The van der Waals surface area contributed by atoms with Gasteiger partial charge in [-0.15, -0.1) is 0 Å². The zero-order valence-corrected chi connectivity index (χ0v) is 14.1. The van der Waals surface area contributed by atoms with Gasteiger partial charge in [-0.1, -0.05) is 57.4 Å². The molecular weight excluding hydrogens is 274 g/mol. The van der Waals surface area contributed by atoms with Crippen molar-refractivity contribution in [2.75, 3.05) is 7.05 Å². The summed E-state index contributed by atoms with van der Waals surface area (Å²) in [6, 6.07) is 8.25. The lowest BCUT2D eigenvalue weighted by Gasteiger charge is -2.31. The van der Waals surface area contributed by atoms with Crippen LogP contribution in [0.3, 0.4) is 0 Å². The van der Waals surface area contributed by atoms with Crippen molar-refractivity contribution in [2.45, 2.75) is 57.9 Å². The number of benzene rings is 1. The van der Waals surface area contributed by atoms with Crippen LogP contribution >= 0.6 is 0 Å². The number of carbonyl (C=O) groups excluding carboxylic acids is 1. The standard InChI is InChI=1S/C18H29N3O/c1-4-6-9-15-10-8-11-16(13-15)18(14-22,12-7-5-2)21-17(19)20-3/h8,10-11,13-14H,4-7,9,12H2,1-3H3,(H3,19,20,21). The molecule has 0 saturated heterocycles. The summed E-state index contributed by atoms with van der Waals surface area (Å²) in [6.07, 6.45) is 6.99. The summed E-state index contributed by atoms with van der Waals surface area (Å²) >= 11 is 0. The first kappa shape index (κ1) is 18.2. The van der Waals surface area contributed by atoms with E-state index in [1.165, 1.54) is 5.56 Å².